The van der Waals surface area contributed by atoms with Gasteiger partial charge in [0.1, 0.15) is 5.75 Å². The average Bonchev–Trinajstić information content (AvgIpc) is 2.73. The van der Waals surface area contributed by atoms with Crippen LogP contribution in [-0.2, 0) is 9.53 Å². The zero-order valence-electron chi connectivity index (χ0n) is 12.7. The molecular formula is C18H22O3. The van der Waals surface area contributed by atoms with Crippen molar-refractivity contribution in [1.82, 2.24) is 0 Å². The van der Waals surface area contributed by atoms with E-state index >= 15 is 0 Å². The summed E-state index contributed by atoms with van der Waals surface area (Å²) in [5.41, 5.74) is 3.72. The molecule has 0 heterocycles. The van der Waals surface area contributed by atoms with E-state index in [0.717, 1.165) is 37.0 Å². The molecule has 0 saturated heterocycles. The van der Waals surface area contributed by atoms with E-state index in [1.165, 1.54) is 11.1 Å². The minimum absolute atomic E-state index is 0.228. The molecule has 0 N–H and O–H groups in total. The van der Waals surface area contributed by atoms with Gasteiger partial charge in [-0.25, -0.2) is 4.79 Å². The molecule has 0 bridgehead atoms. The minimum Gasteiger partial charge on any atom is -0.497 e. The van der Waals surface area contributed by atoms with Crippen LogP contribution in [0.15, 0.2) is 42.0 Å². The van der Waals surface area contributed by atoms with Crippen molar-refractivity contribution in [2.75, 3.05) is 13.7 Å². The normalized spacial score (nSPS) is 17.0. The quantitative estimate of drug-likeness (QED) is 0.616. The highest BCUT2D eigenvalue weighted by molar-refractivity contribution is 5.83. The van der Waals surface area contributed by atoms with Crippen LogP contribution in [-0.4, -0.2) is 19.7 Å². The fourth-order valence-corrected chi connectivity index (χ4v) is 2.51. The molecule has 0 radical (unpaired) electrons. The smallest absolute Gasteiger partial charge is 0.330 e. The van der Waals surface area contributed by atoms with E-state index in [9.17, 15) is 4.79 Å². The third-order valence-corrected chi connectivity index (χ3v) is 3.62. The third-order valence-electron chi connectivity index (χ3n) is 3.62. The van der Waals surface area contributed by atoms with Gasteiger partial charge in [-0.1, -0.05) is 23.8 Å². The Morgan fingerprint density at radius 1 is 1.24 bits per heavy atom. The van der Waals surface area contributed by atoms with Gasteiger partial charge in [0.25, 0.3) is 0 Å². The lowest BCUT2D eigenvalue weighted by molar-refractivity contribution is -0.137. The van der Waals surface area contributed by atoms with Crippen molar-refractivity contribution >= 4 is 11.5 Å². The first kappa shape index (κ1) is 15.4. The Labute approximate surface area is 126 Å². The molecule has 21 heavy (non-hydrogen) atoms. The van der Waals surface area contributed by atoms with Crippen LogP contribution in [0, 0.1) is 0 Å². The molecule has 0 spiro atoms. The Hall–Kier alpha value is -2.03. The Kier molecular flexibility index (Phi) is 5.61. The monoisotopic (exact) mass is 286 g/mol. The molecule has 3 nitrogen and oxygen atoms in total. The van der Waals surface area contributed by atoms with Gasteiger partial charge in [-0.15, -0.1) is 0 Å². The fourth-order valence-electron chi connectivity index (χ4n) is 2.51. The zero-order chi connectivity index (χ0) is 15.1. The van der Waals surface area contributed by atoms with Crippen molar-refractivity contribution in [1.29, 1.82) is 0 Å². The van der Waals surface area contributed by atoms with E-state index in [0.29, 0.717) is 6.61 Å². The number of hydrogen-bond donors (Lipinski definition) is 0. The molecule has 0 amide bonds. The van der Waals surface area contributed by atoms with Crippen LogP contribution in [0.3, 0.4) is 0 Å². The molecule has 1 aliphatic carbocycles. The molecular weight excluding hydrogens is 264 g/mol. The van der Waals surface area contributed by atoms with Gasteiger partial charge in [0.05, 0.1) is 13.7 Å². The van der Waals surface area contributed by atoms with E-state index < -0.39 is 0 Å². The Balaban J connectivity index is 2.08. The molecule has 0 saturated carbocycles. The highest BCUT2D eigenvalue weighted by Gasteiger charge is 2.10. The molecule has 0 atom stereocenters. The summed E-state index contributed by atoms with van der Waals surface area (Å²) in [5.74, 6) is 0.643. The standard InChI is InChI=1S/C18H22O3/c1-3-21-18(19)13-14-5-4-6-15(8-7-14)16-9-11-17(20-2)12-10-16/h8-13H,3-7H2,1-2H3/b14-13-. The van der Waals surface area contributed by atoms with E-state index in [-0.39, 0.29) is 5.97 Å². The van der Waals surface area contributed by atoms with Gasteiger partial charge in [0, 0.05) is 6.08 Å². The molecule has 1 aromatic carbocycles. The number of allylic oxidation sites excluding steroid dienone is 3. The lowest BCUT2D eigenvalue weighted by Crippen LogP contribution is -2.00. The topological polar surface area (TPSA) is 35.5 Å². The maximum atomic E-state index is 11.5. The molecule has 0 fully saturated rings. The van der Waals surface area contributed by atoms with Gasteiger partial charge in [-0.05, 0) is 55.9 Å². The van der Waals surface area contributed by atoms with Crippen molar-refractivity contribution in [2.24, 2.45) is 0 Å². The summed E-state index contributed by atoms with van der Waals surface area (Å²) in [7, 11) is 1.67. The first-order valence-electron chi connectivity index (χ1n) is 7.42. The zero-order valence-corrected chi connectivity index (χ0v) is 12.7. The van der Waals surface area contributed by atoms with Gasteiger partial charge >= 0.3 is 5.97 Å². The maximum Gasteiger partial charge on any atom is 0.330 e. The number of benzene rings is 1. The predicted molar refractivity (Wildman–Crippen MR) is 84.2 cm³/mol. The van der Waals surface area contributed by atoms with E-state index in [4.69, 9.17) is 9.47 Å². The van der Waals surface area contributed by atoms with Gasteiger partial charge in [-0.2, -0.15) is 0 Å². The molecule has 1 aliphatic rings. The van der Waals surface area contributed by atoms with Crippen LogP contribution in [0.5, 0.6) is 5.75 Å². The Morgan fingerprint density at radius 2 is 2.00 bits per heavy atom. The van der Waals surface area contributed by atoms with Crippen molar-refractivity contribution < 1.29 is 14.3 Å². The van der Waals surface area contributed by atoms with Crippen LogP contribution in [0.4, 0.5) is 0 Å². The number of rotatable bonds is 4. The summed E-state index contributed by atoms with van der Waals surface area (Å²) in [4.78, 5) is 11.5. The number of carbonyl (C=O) groups excluding carboxylic acids is 1. The van der Waals surface area contributed by atoms with Crippen molar-refractivity contribution in [2.45, 2.75) is 32.6 Å². The fraction of sp³-hybridized carbons (Fsp3) is 0.389. The molecule has 3 heteroatoms. The van der Waals surface area contributed by atoms with Crippen LogP contribution < -0.4 is 4.74 Å². The van der Waals surface area contributed by atoms with E-state index in [2.05, 4.69) is 18.2 Å². The summed E-state index contributed by atoms with van der Waals surface area (Å²) in [5, 5.41) is 0. The SMILES string of the molecule is CCOC(=O)/C=C1\CC=C(c2ccc(OC)cc2)CCC1. The van der Waals surface area contributed by atoms with Crippen molar-refractivity contribution in [3.63, 3.8) is 0 Å². The predicted octanol–water partition coefficient (Wildman–Crippen LogP) is 4.14. The summed E-state index contributed by atoms with van der Waals surface area (Å²) < 4.78 is 10.2. The summed E-state index contributed by atoms with van der Waals surface area (Å²) in [6, 6.07) is 8.14. The van der Waals surface area contributed by atoms with Crippen LogP contribution in [0.1, 0.15) is 38.2 Å². The highest BCUT2D eigenvalue weighted by Crippen LogP contribution is 2.29. The largest absolute Gasteiger partial charge is 0.497 e. The Bertz CT molecular complexity index is 538. The van der Waals surface area contributed by atoms with Gasteiger partial charge in [0.15, 0.2) is 0 Å². The van der Waals surface area contributed by atoms with Crippen molar-refractivity contribution in [3.8, 4) is 5.75 Å². The first-order valence-corrected chi connectivity index (χ1v) is 7.42. The van der Waals surface area contributed by atoms with Gasteiger partial charge in [-0.3, -0.25) is 0 Å². The van der Waals surface area contributed by atoms with Crippen LogP contribution in [0.25, 0.3) is 5.57 Å². The average molecular weight is 286 g/mol. The lowest BCUT2D eigenvalue weighted by atomic mass is 10.0. The lowest BCUT2D eigenvalue weighted by Gasteiger charge is -2.06. The summed E-state index contributed by atoms with van der Waals surface area (Å²) in [6.45, 7) is 2.25. The summed E-state index contributed by atoms with van der Waals surface area (Å²) in [6.07, 6.45) is 7.74. The second kappa shape index (κ2) is 7.67. The third kappa shape index (κ3) is 4.48. The molecule has 0 aliphatic heterocycles. The second-order valence-electron chi connectivity index (χ2n) is 5.07. The first-order chi connectivity index (χ1) is 10.2. The van der Waals surface area contributed by atoms with Crippen LogP contribution >= 0.6 is 0 Å². The molecule has 0 aromatic heterocycles. The molecule has 112 valence electrons. The molecule has 1 aromatic rings. The van der Waals surface area contributed by atoms with Crippen molar-refractivity contribution in [3.05, 3.63) is 47.6 Å². The molecule has 2 rings (SSSR count). The van der Waals surface area contributed by atoms with Gasteiger partial charge < -0.3 is 9.47 Å². The van der Waals surface area contributed by atoms with Gasteiger partial charge in [0.2, 0.25) is 0 Å². The second-order valence-corrected chi connectivity index (χ2v) is 5.07. The number of hydrogen-bond acceptors (Lipinski definition) is 3. The minimum atomic E-state index is -0.228. The van der Waals surface area contributed by atoms with Crippen LogP contribution in [0.2, 0.25) is 0 Å². The molecule has 0 unspecified atom stereocenters. The number of carbonyl (C=O) groups is 1. The number of methoxy groups -OCH3 is 1. The Morgan fingerprint density at radius 3 is 2.67 bits per heavy atom. The number of esters is 1. The number of ether oxygens (including phenoxy) is 2. The van der Waals surface area contributed by atoms with E-state index in [1.807, 2.05) is 19.1 Å². The summed E-state index contributed by atoms with van der Waals surface area (Å²) >= 11 is 0. The maximum absolute atomic E-state index is 11.5. The van der Waals surface area contributed by atoms with E-state index in [1.54, 1.807) is 13.2 Å². The highest BCUT2D eigenvalue weighted by atomic mass is 16.5.